The van der Waals surface area contributed by atoms with Crippen LogP contribution in [-0.4, -0.2) is 53.4 Å². The summed E-state index contributed by atoms with van der Waals surface area (Å²) in [5, 5.41) is 0. The largest absolute Gasteiger partial charge is 0.371 e. The molecule has 3 aromatic carbocycles. The van der Waals surface area contributed by atoms with Crippen molar-refractivity contribution in [1.82, 2.24) is 0 Å². The molecular weight excluding hydrogens is 556 g/mol. The van der Waals surface area contributed by atoms with Crippen LogP contribution in [0.3, 0.4) is 0 Å². The van der Waals surface area contributed by atoms with Crippen LogP contribution in [-0.2, 0) is 62.6 Å². The first-order valence-corrected chi connectivity index (χ1v) is 16.5. The molecule has 4 unspecified atom stereocenters. The quantitative estimate of drug-likeness (QED) is 0.214. The molecule has 9 nitrogen and oxygen atoms in total. The Hall–Kier alpha value is -2.64. The third kappa shape index (κ3) is 8.68. The molecule has 40 heavy (non-hydrogen) atoms. The van der Waals surface area contributed by atoms with Crippen molar-refractivity contribution in [3.63, 3.8) is 0 Å². The number of hydrogen-bond donors (Lipinski definition) is 0. The second kappa shape index (κ2) is 13.3. The van der Waals surface area contributed by atoms with Crippen LogP contribution in [0.2, 0.25) is 0 Å². The molecule has 0 N–H and O–H groups in total. The van der Waals surface area contributed by atoms with Gasteiger partial charge in [-0.25, -0.2) is 4.18 Å². The highest BCUT2D eigenvalue weighted by molar-refractivity contribution is 7.86. The van der Waals surface area contributed by atoms with Crippen LogP contribution in [0.1, 0.15) is 29.5 Å². The molecule has 0 aromatic heterocycles. The summed E-state index contributed by atoms with van der Waals surface area (Å²) in [6.07, 6.45) is -1.10. The fraction of sp³-hybridized carbons (Fsp3) is 0.379. The van der Waals surface area contributed by atoms with Gasteiger partial charge in [0.25, 0.3) is 20.2 Å². The first-order chi connectivity index (χ1) is 19.0. The van der Waals surface area contributed by atoms with Gasteiger partial charge in [0.05, 0.1) is 38.4 Å². The van der Waals surface area contributed by atoms with Gasteiger partial charge in [0, 0.05) is 0 Å². The van der Waals surface area contributed by atoms with Gasteiger partial charge in [-0.05, 0) is 29.5 Å². The summed E-state index contributed by atoms with van der Waals surface area (Å²) < 4.78 is 80.2. The lowest BCUT2D eigenvalue weighted by molar-refractivity contribution is -0.327. The molecule has 0 heterocycles. The maximum absolute atomic E-state index is 12.7. The van der Waals surface area contributed by atoms with Gasteiger partial charge < -0.3 is 14.2 Å². The Labute approximate surface area is 236 Å². The lowest BCUT2D eigenvalue weighted by Gasteiger charge is -2.49. The monoisotopic (exact) mass is 590 g/mol. The Balaban J connectivity index is 1.76. The van der Waals surface area contributed by atoms with Gasteiger partial charge in [-0.2, -0.15) is 16.8 Å². The standard InChI is InChI=1S/C29H34O9S2/c1-39(30,31)37-27-19-18-26(34-20-23-12-6-3-7-13-23)28(35-21-24-14-8-4-9-15-24)29(27,38-40(2,32)33)36-22-25-16-10-5-11-17-25/h3-17,26-28H,18-22H2,1-2H3. The van der Waals surface area contributed by atoms with E-state index in [4.69, 9.17) is 22.6 Å². The lowest BCUT2D eigenvalue weighted by atomic mass is 9.85. The molecule has 1 fully saturated rings. The zero-order valence-electron chi connectivity index (χ0n) is 22.4. The summed E-state index contributed by atoms with van der Waals surface area (Å²) in [4.78, 5) is 0. The minimum absolute atomic E-state index is 0.0614. The lowest BCUT2D eigenvalue weighted by Crippen LogP contribution is -2.65. The molecule has 11 heteroatoms. The predicted molar refractivity (Wildman–Crippen MR) is 149 cm³/mol. The van der Waals surface area contributed by atoms with Crippen LogP contribution < -0.4 is 0 Å². The molecule has 1 aliphatic carbocycles. The molecule has 0 spiro atoms. The highest BCUT2D eigenvalue weighted by Gasteiger charge is 2.59. The zero-order valence-corrected chi connectivity index (χ0v) is 24.1. The molecule has 216 valence electrons. The van der Waals surface area contributed by atoms with Crippen LogP contribution >= 0.6 is 0 Å². The fourth-order valence-corrected chi connectivity index (χ4v) is 6.05. The number of hydrogen-bond acceptors (Lipinski definition) is 9. The second-order valence-corrected chi connectivity index (χ2v) is 12.9. The van der Waals surface area contributed by atoms with Crippen molar-refractivity contribution in [2.45, 2.75) is 56.8 Å². The smallest absolute Gasteiger partial charge is 0.267 e. The number of ether oxygens (including phenoxy) is 3. The van der Waals surface area contributed by atoms with Crippen molar-refractivity contribution in [2.75, 3.05) is 12.5 Å². The van der Waals surface area contributed by atoms with Crippen LogP contribution in [0.5, 0.6) is 0 Å². The van der Waals surface area contributed by atoms with Crippen LogP contribution in [0, 0.1) is 0 Å². The van der Waals surface area contributed by atoms with E-state index < -0.39 is 44.3 Å². The van der Waals surface area contributed by atoms with Crippen LogP contribution in [0.25, 0.3) is 0 Å². The van der Waals surface area contributed by atoms with Crippen LogP contribution in [0.4, 0.5) is 0 Å². The van der Waals surface area contributed by atoms with E-state index in [2.05, 4.69) is 0 Å². The molecule has 0 aliphatic heterocycles. The minimum Gasteiger partial charge on any atom is -0.371 e. The van der Waals surface area contributed by atoms with Crippen molar-refractivity contribution >= 4 is 20.2 Å². The van der Waals surface area contributed by atoms with E-state index in [1.807, 2.05) is 78.9 Å². The van der Waals surface area contributed by atoms with Gasteiger partial charge in [0.1, 0.15) is 12.2 Å². The van der Waals surface area contributed by atoms with Gasteiger partial charge >= 0.3 is 0 Å². The van der Waals surface area contributed by atoms with Gasteiger partial charge in [-0.15, -0.1) is 0 Å². The molecule has 3 aromatic rings. The number of benzene rings is 3. The molecule has 0 amide bonds. The van der Waals surface area contributed by atoms with E-state index in [0.717, 1.165) is 23.6 Å². The van der Waals surface area contributed by atoms with Crippen molar-refractivity contribution in [1.29, 1.82) is 0 Å². The van der Waals surface area contributed by atoms with Crippen molar-refractivity contribution in [3.8, 4) is 0 Å². The molecule has 4 atom stereocenters. The molecule has 0 saturated heterocycles. The van der Waals surface area contributed by atoms with Gasteiger partial charge in [-0.3, -0.25) is 4.18 Å². The average Bonchev–Trinajstić information content (AvgIpc) is 2.92. The van der Waals surface area contributed by atoms with Crippen molar-refractivity contribution in [3.05, 3.63) is 108 Å². The van der Waals surface area contributed by atoms with Gasteiger partial charge in [-0.1, -0.05) is 91.0 Å². The predicted octanol–water partition coefficient (Wildman–Crippen LogP) is 4.19. The van der Waals surface area contributed by atoms with E-state index in [-0.39, 0.29) is 26.2 Å². The molecule has 0 radical (unpaired) electrons. The molecule has 4 rings (SSSR count). The molecule has 0 bridgehead atoms. The molecular formula is C29H34O9S2. The Morgan fingerprint density at radius 2 is 1.12 bits per heavy atom. The third-order valence-electron chi connectivity index (χ3n) is 6.36. The second-order valence-electron chi connectivity index (χ2n) is 9.70. The van der Waals surface area contributed by atoms with Crippen molar-refractivity contribution < 1.29 is 39.4 Å². The summed E-state index contributed by atoms with van der Waals surface area (Å²) in [6.45, 7) is 0.171. The topological polar surface area (TPSA) is 114 Å². The Morgan fingerprint density at radius 1 is 0.650 bits per heavy atom. The number of rotatable bonds is 13. The summed E-state index contributed by atoms with van der Waals surface area (Å²) in [7, 11) is -8.26. The Bertz CT molecular complexity index is 1420. The van der Waals surface area contributed by atoms with E-state index in [9.17, 15) is 16.8 Å². The normalized spacial score (nSPS) is 23.6. The first kappa shape index (κ1) is 30.3. The zero-order chi connectivity index (χ0) is 28.6. The molecule has 1 saturated carbocycles. The maximum Gasteiger partial charge on any atom is 0.267 e. The van der Waals surface area contributed by atoms with Crippen LogP contribution in [0.15, 0.2) is 91.0 Å². The summed E-state index contributed by atoms with van der Waals surface area (Å²) in [6, 6.07) is 27.8. The highest BCUT2D eigenvalue weighted by Crippen LogP contribution is 2.42. The average molecular weight is 591 g/mol. The summed E-state index contributed by atoms with van der Waals surface area (Å²) in [5.74, 6) is -2.18. The van der Waals surface area contributed by atoms with Crippen molar-refractivity contribution in [2.24, 2.45) is 0 Å². The maximum atomic E-state index is 12.7. The molecule has 1 aliphatic rings. The fourth-order valence-electron chi connectivity index (χ4n) is 4.68. The van der Waals surface area contributed by atoms with E-state index >= 15 is 0 Å². The Kier molecular flexibility index (Phi) is 10.1. The van der Waals surface area contributed by atoms with E-state index in [1.165, 1.54) is 0 Å². The summed E-state index contributed by atoms with van der Waals surface area (Å²) in [5.41, 5.74) is 2.43. The minimum atomic E-state index is -4.22. The highest BCUT2D eigenvalue weighted by atomic mass is 32.2. The van der Waals surface area contributed by atoms with Gasteiger partial charge in [0.2, 0.25) is 5.79 Å². The van der Waals surface area contributed by atoms with E-state index in [1.54, 1.807) is 12.1 Å². The third-order valence-corrected chi connectivity index (χ3v) is 7.50. The van der Waals surface area contributed by atoms with E-state index in [0.29, 0.717) is 12.0 Å². The first-order valence-electron chi connectivity index (χ1n) is 12.8. The van der Waals surface area contributed by atoms with Gasteiger partial charge in [0.15, 0.2) is 0 Å². The Morgan fingerprint density at radius 3 is 1.60 bits per heavy atom. The summed E-state index contributed by atoms with van der Waals surface area (Å²) >= 11 is 0. The SMILES string of the molecule is CS(=O)(=O)OC1CCC(OCc2ccccc2)C(OCc2ccccc2)C1(OCc1ccccc1)OS(C)(=O)=O.